The molecule has 1 heterocycles. The van der Waals surface area contributed by atoms with E-state index in [-0.39, 0.29) is 10.9 Å². The van der Waals surface area contributed by atoms with E-state index in [0.29, 0.717) is 12.2 Å². The number of carboxylic acid groups (broad SMARTS) is 1. The van der Waals surface area contributed by atoms with E-state index in [1.807, 2.05) is 6.92 Å². The molecule has 1 aromatic rings. The average Bonchev–Trinajstić information content (AvgIpc) is 2.29. The number of carboxylic acids is 1. The van der Waals surface area contributed by atoms with Crippen molar-refractivity contribution in [1.82, 2.24) is 4.98 Å². The number of carbonyl (C=O) groups is 1. The number of hydrogen-bond donors (Lipinski definition) is 2. The fraction of sp³-hybridized carbons (Fsp3) is 0.455. The number of aromatic carboxylic acids is 1. The Hall–Kier alpha value is -1.43. The van der Waals surface area contributed by atoms with Crippen molar-refractivity contribution in [2.45, 2.75) is 18.6 Å². The molecule has 0 fully saturated rings. The lowest BCUT2D eigenvalue weighted by Crippen LogP contribution is -2.16. The number of aromatic nitrogens is 1. The van der Waals surface area contributed by atoms with Crippen LogP contribution in [0.5, 0.6) is 0 Å². The van der Waals surface area contributed by atoms with Crippen LogP contribution < -0.4 is 5.32 Å². The molecular weight excluding hydrogens is 240 g/mol. The van der Waals surface area contributed by atoms with E-state index in [9.17, 15) is 9.00 Å². The fourth-order valence-corrected chi connectivity index (χ4v) is 1.74. The molecule has 0 saturated heterocycles. The normalized spacial score (nSPS) is 14.0. The summed E-state index contributed by atoms with van der Waals surface area (Å²) in [4.78, 5) is 14.7. The minimum absolute atomic E-state index is 0.0118. The summed E-state index contributed by atoms with van der Waals surface area (Å²) in [6.07, 6.45) is 3.83. The van der Waals surface area contributed by atoms with Gasteiger partial charge in [0.1, 0.15) is 0 Å². The Morgan fingerprint density at radius 2 is 2.35 bits per heavy atom. The van der Waals surface area contributed by atoms with Crippen LogP contribution in [0.4, 0.5) is 5.69 Å². The zero-order valence-electron chi connectivity index (χ0n) is 9.84. The van der Waals surface area contributed by atoms with Crippen molar-refractivity contribution in [2.75, 3.05) is 18.1 Å². The maximum atomic E-state index is 11.1. The van der Waals surface area contributed by atoms with Crippen molar-refractivity contribution >= 4 is 22.5 Å². The van der Waals surface area contributed by atoms with Gasteiger partial charge in [0.15, 0.2) is 5.69 Å². The maximum absolute atomic E-state index is 11.1. The zero-order chi connectivity index (χ0) is 12.8. The van der Waals surface area contributed by atoms with Gasteiger partial charge in [-0.25, -0.2) is 9.78 Å². The van der Waals surface area contributed by atoms with Gasteiger partial charge >= 0.3 is 5.97 Å². The molecule has 0 amide bonds. The van der Waals surface area contributed by atoms with E-state index in [2.05, 4.69) is 10.3 Å². The van der Waals surface area contributed by atoms with Gasteiger partial charge in [-0.15, -0.1) is 0 Å². The Morgan fingerprint density at radius 3 is 2.94 bits per heavy atom. The lowest BCUT2D eigenvalue weighted by molar-refractivity contribution is 0.0691. The predicted molar refractivity (Wildman–Crippen MR) is 67.8 cm³/mol. The highest BCUT2D eigenvalue weighted by atomic mass is 32.2. The largest absolute Gasteiger partial charge is 0.476 e. The molecule has 0 aromatic carbocycles. The first-order valence-corrected chi connectivity index (χ1v) is 6.89. The average molecular weight is 256 g/mol. The van der Waals surface area contributed by atoms with Crippen molar-refractivity contribution < 1.29 is 14.1 Å². The summed E-state index contributed by atoms with van der Waals surface area (Å²) in [5.41, 5.74) is 0.506. The van der Waals surface area contributed by atoms with Crippen LogP contribution in [0.15, 0.2) is 18.3 Å². The van der Waals surface area contributed by atoms with Gasteiger partial charge in [0.2, 0.25) is 0 Å². The van der Waals surface area contributed by atoms with Gasteiger partial charge in [-0.05, 0) is 18.6 Å². The summed E-state index contributed by atoms with van der Waals surface area (Å²) >= 11 is 0. The topological polar surface area (TPSA) is 79.3 Å². The Labute approximate surface area is 103 Å². The van der Waals surface area contributed by atoms with Gasteiger partial charge in [-0.1, -0.05) is 6.92 Å². The monoisotopic (exact) mass is 256 g/mol. The van der Waals surface area contributed by atoms with E-state index in [1.165, 1.54) is 6.20 Å². The highest BCUT2D eigenvalue weighted by molar-refractivity contribution is 7.84. The van der Waals surface area contributed by atoms with Crippen LogP contribution in [-0.4, -0.2) is 38.3 Å². The van der Waals surface area contributed by atoms with E-state index < -0.39 is 16.8 Å². The van der Waals surface area contributed by atoms with E-state index in [1.54, 1.807) is 18.4 Å². The second-order valence-corrected chi connectivity index (χ2v) is 5.53. The molecule has 1 rings (SSSR count). The van der Waals surface area contributed by atoms with Crippen molar-refractivity contribution in [2.24, 2.45) is 0 Å². The van der Waals surface area contributed by atoms with Crippen LogP contribution in [0.3, 0.4) is 0 Å². The van der Waals surface area contributed by atoms with Crippen LogP contribution in [0, 0.1) is 0 Å². The van der Waals surface area contributed by atoms with E-state index in [0.717, 1.165) is 6.42 Å². The summed E-state index contributed by atoms with van der Waals surface area (Å²) in [6, 6.07) is 3.35. The molecule has 2 unspecified atom stereocenters. The van der Waals surface area contributed by atoms with Crippen molar-refractivity contribution in [1.29, 1.82) is 0 Å². The lowest BCUT2D eigenvalue weighted by atomic mass is 10.2. The molecule has 0 radical (unpaired) electrons. The number of anilines is 1. The molecule has 17 heavy (non-hydrogen) atoms. The van der Waals surface area contributed by atoms with Gasteiger partial charge in [-0.3, -0.25) is 4.21 Å². The van der Waals surface area contributed by atoms with Gasteiger partial charge in [0.25, 0.3) is 0 Å². The minimum atomic E-state index is -1.06. The first-order valence-electron chi connectivity index (χ1n) is 5.26. The SMILES string of the molecule is CC(CCNc1cccnc1C(=O)O)S(C)=O. The molecular formula is C11H16N2O3S. The predicted octanol–water partition coefficient (Wildman–Crippen LogP) is 1.35. The summed E-state index contributed by atoms with van der Waals surface area (Å²) in [7, 11) is -0.854. The van der Waals surface area contributed by atoms with Crippen LogP contribution in [0.25, 0.3) is 0 Å². The number of hydrogen-bond acceptors (Lipinski definition) is 4. The number of rotatable bonds is 6. The molecule has 0 spiro atoms. The van der Waals surface area contributed by atoms with Crippen molar-refractivity contribution in [3.8, 4) is 0 Å². The van der Waals surface area contributed by atoms with E-state index >= 15 is 0 Å². The third kappa shape index (κ3) is 4.14. The summed E-state index contributed by atoms with van der Waals surface area (Å²) in [5, 5.41) is 12.0. The summed E-state index contributed by atoms with van der Waals surface area (Å²) < 4.78 is 11.1. The van der Waals surface area contributed by atoms with Gasteiger partial charge in [-0.2, -0.15) is 0 Å². The lowest BCUT2D eigenvalue weighted by Gasteiger charge is -2.11. The highest BCUT2D eigenvalue weighted by Gasteiger charge is 2.11. The van der Waals surface area contributed by atoms with Crippen LogP contribution in [0.2, 0.25) is 0 Å². The molecule has 0 aliphatic carbocycles. The molecule has 5 nitrogen and oxygen atoms in total. The first-order chi connectivity index (χ1) is 8.02. The third-order valence-electron chi connectivity index (χ3n) is 2.44. The smallest absolute Gasteiger partial charge is 0.356 e. The Kier molecular flexibility index (Phi) is 5.09. The van der Waals surface area contributed by atoms with Crippen molar-refractivity contribution in [3.63, 3.8) is 0 Å². The summed E-state index contributed by atoms with van der Waals surface area (Å²) in [5.74, 6) is -1.06. The molecule has 0 aliphatic heterocycles. The Balaban J connectivity index is 2.58. The maximum Gasteiger partial charge on any atom is 0.356 e. The Morgan fingerprint density at radius 1 is 1.65 bits per heavy atom. The molecule has 94 valence electrons. The molecule has 2 atom stereocenters. The molecule has 6 heteroatoms. The fourth-order valence-electron chi connectivity index (χ4n) is 1.29. The molecule has 0 saturated carbocycles. The van der Waals surface area contributed by atoms with E-state index in [4.69, 9.17) is 5.11 Å². The molecule has 2 N–H and O–H groups in total. The van der Waals surface area contributed by atoms with Crippen LogP contribution >= 0.6 is 0 Å². The van der Waals surface area contributed by atoms with Crippen LogP contribution in [0.1, 0.15) is 23.8 Å². The summed E-state index contributed by atoms with van der Waals surface area (Å²) in [6.45, 7) is 2.48. The number of nitrogens with one attached hydrogen (secondary N) is 1. The molecule has 1 aromatic heterocycles. The third-order valence-corrected chi connectivity index (χ3v) is 3.81. The highest BCUT2D eigenvalue weighted by Crippen LogP contribution is 2.12. The quantitative estimate of drug-likeness (QED) is 0.803. The second kappa shape index (κ2) is 6.34. The van der Waals surface area contributed by atoms with Gasteiger partial charge in [0.05, 0.1) is 5.69 Å². The van der Waals surface area contributed by atoms with Gasteiger partial charge in [0, 0.05) is 35.0 Å². The molecule has 0 bridgehead atoms. The standard InChI is InChI=1S/C11H16N2O3S/c1-8(17(2)16)5-7-12-9-4-3-6-13-10(9)11(14)15/h3-4,6,8,12H,5,7H2,1-2H3,(H,14,15). The second-order valence-electron chi connectivity index (χ2n) is 3.73. The number of pyridine rings is 1. The van der Waals surface area contributed by atoms with Gasteiger partial charge < -0.3 is 10.4 Å². The van der Waals surface area contributed by atoms with Crippen molar-refractivity contribution in [3.05, 3.63) is 24.0 Å². The Bertz CT molecular complexity index is 423. The molecule has 0 aliphatic rings. The number of nitrogens with zero attached hydrogens (tertiary/aromatic N) is 1. The minimum Gasteiger partial charge on any atom is -0.476 e. The zero-order valence-corrected chi connectivity index (χ0v) is 10.7. The first kappa shape index (κ1) is 13.6. The van der Waals surface area contributed by atoms with Crippen LogP contribution in [-0.2, 0) is 10.8 Å².